The van der Waals surface area contributed by atoms with E-state index in [9.17, 15) is 5.11 Å². The molecule has 0 aromatic heterocycles. The van der Waals surface area contributed by atoms with Gasteiger partial charge >= 0.3 is 0 Å². The van der Waals surface area contributed by atoms with Crippen LogP contribution in [0, 0.1) is 0 Å². The molecule has 0 saturated heterocycles. The van der Waals surface area contributed by atoms with Crippen LogP contribution in [-0.4, -0.2) is 11.7 Å². The molecule has 0 heterocycles. The molecule has 3 aromatic carbocycles. The Balaban J connectivity index is 1.93. The summed E-state index contributed by atoms with van der Waals surface area (Å²) in [5, 5.41) is 11.6. The van der Waals surface area contributed by atoms with Crippen LogP contribution in [0.2, 0.25) is 0 Å². The van der Waals surface area contributed by atoms with E-state index in [1.807, 2.05) is 61.5 Å². The summed E-state index contributed by atoms with van der Waals surface area (Å²) in [6, 6.07) is 20.1. The fraction of sp³-hybridized carbons (Fsp3) is 0.238. The molecule has 124 valence electrons. The van der Waals surface area contributed by atoms with Crippen molar-refractivity contribution in [3.63, 3.8) is 0 Å². The molecule has 3 aromatic rings. The van der Waals surface area contributed by atoms with Crippen LogP contribution < -0.4 is 10.5 Å². The largest absolute Gasteiger partial charge is 0.457 e. The quantitative estimate of drug-likeness (QED) is 0.734. The van der Waals surface area contributed by atoms with Crippen molar-refractivity contribution in [2.45, 2.75) is 25.8 Å². The predicted octanol–water partition coefficient (Wildman–Crippen LogP) is 4.36. The monoisotopic (exact) mass is 321 g/mol. The van der Waals surface area contributed by atoms with Crippen molar-refractivity contribution in [3.05, 3.63) is 71.8 Å². The minimum absolute atomic E-state index is 0.0898. The summed E-state index contributed by atoms with van der Waals surface area (Å²) in [7, 11) is 0. The van der Waals surface area contributed by atoms with Gasteiger partial charge in [0.15, 0.2) is 0 Å². The number of rotatable bonds is 5. The zero-order valence-electron chi connectivity index (χ0n) is 14.1. The number of ether oxygens (including phenoxy) is 1. The summed E-state index contributed by atoms with van der Waals surface area (Å²) in [5.41, 5.74) is 7.49. The molecular weight excluding hydrogens is 298 g/mol. The number of hydrogen-bond acceptors (Lipinski definition) is 3. The highest BCUT2D eigenvalue weighted by atomic mass is 16.5. The van der Waals surface area contributed by atoms with Crippen molar-refractivity contribution in [3.8, 4) is 11.5 Å². The second-order valence-electron chi connectivity index (χ2n) is 6.36. The summed E-state index contributed by atoms with van der Waals surface area (Å²) in [4.78, 5) is 0. The van der Waals surface area contributed by atoms with Gasteiger partial charge in [-0.15, -0.1) is 0 Å². The Morgan fingerprint density at radius 3 is 2.46 bits per heavy atom. The Kier molecular flexibility index (Phi) is 4.56. The Bertz CT molecular complexity index is 855. The third-order valence-electron chi connectivity index (χ3n) is 4.38. The lowest BCUT2D eigenvalue weighted by Crippen LogP contribution is -2.36. The van der Waals surface area contributed by atoms with Gasteiger partial charge in [0.05, 0.1) is 12.1 Å². The molecule has 0 saturated carbocycles. The van der Waals surface area contributed by atoms with Crippen LogP contribution in [0.5, 0.6) is 11.5 Å². The maximum Gasteiger partial charge on any atom is 0.130 e. The van der Waals surface area contributed by atoms with E-state index in [2.05, 4.69) is 13.0 Å². The second kappa shape index (κ2) is 6.63. The van der Waals surface area contributed by atoms with Crippen molar-refractivity contribution in [2.75, 3.05) is 6.61 Å². The minimum Gasteiger partial charge on any atom is -0.457 e. The summed E-state index contributed by atoms with van der Waals surface area (Å²) >= 11 is 0. The molecule has 1 unspecified atom stereocenters. The van der Waals surface area contributed by atoms with Gasteiger partial charge in [0.2, 0.25) is 0 Å². The van der Waals surface area contributed by atoms with E-state index >= 15 is 0 Å². The van der Waals surface area contributed by atoms with Gasteiger partial charge in [-0.2, -0.15) is 0 Å². The SMILES string of the molecule is CCc1ccccc1Oc1ccc2cc(C(C)(N)CO)ccc2c1. The zero-order chi connectivity index (χ0) is 17.2. The third-order valence-corrected chi connectivity index (χ3v) is 4.38. The lowest BCUT2D eigenvalue weighted by molar-refractivity contribution is 0.210. The maximum absolute atomic E-state index is 9.43. The topological polar surface area (TPSA) is 55.5 Å². The minimum atomic E-state index is -0.733. The third kappa shape index (κ3) is 3.28. The summed E-state index contributed by atoms with van der Waals surface area (Å²) in [5.74, 6) is 1.71. The predicted molar refractivity (Wildman–Crippen MR) is 98.5 cm³/mol. The molecule has 3 rings (SSSR count). The van der Waals surface area contributed by atoms with Crippen molar-refractivity contribution in [1.29, 1.82) is 0 Å². The molecule has 0 radical (unpaired) electrons. The van der Waals surface area contributed by atoms with Crippen LogP contribution in [0.4, 0.5) is 0 Å². The molecule has 3 heteroatoms. The molecule has 0 fully saturated rings. The normalized spacial score (nSPS) is 13.7. The van der Waals surface area contributed by atoms with Crippen molar-refractivity contribution >= 4 is 10.8 Å². The highest BCUT2D eigenvalue weighted by molar-refractivity contribution is 5.84. The number of aliphatic hydroxyl groups excluding tert-OH is 1. The molecule has 3 nitrogen and oxygen atoms in total. The number of para-hydroxylation sites is 1. The molecule has 0 bridgehead atoms. The smallest absolute Gasteiger partial charge is 0.130 e. The lowest BCUT2D eigenvalue weighted by atomic mass is 9.92. The maximum atomic E-state index is 9.43. The number of hydrogen-bond donors (Lipinski definition) is 2. The van der Waals surface area contributed by atoms with Crippen LogP contribution >= 0.6 is 0 Å². The molecule has 24 heavy (non-hydrogen) atoms. The molecule has 0 spiro atoms. The average Bonchev–Trinajstić information content (AvgIpc) is 2.61. The molecule has 1 atom stereocenters. The fourth-order valence-electron chi connectivity index (χ4n) is 2.76. The van der Waals surface area contributed by atoms with Crippen LogP contribution in [0.1, 0.15) is 25.0 Å². The average molecular weight is 321 g/mol. The lowest BCUT2D eigenvalue weighted by Gasteiger charge is -2.22. The number of aliphatic hydroxyl groups is 1. The first-order chi connectivity index (χ1) is 11.5. The van der Waals surface area contributed by atoms with E-state index in [-0.39, 0.29) is 6.61 Å². The molecule has 0 aliphatic carbocycles. The first-order valence-electron chi connectivity index (χ1n) is 8.23. The van der Waals surface area contributed by atoms with Gasteiger partial charge in [0, 0.05) is 0 Å². The molecule has 0 amide bonds. The number of aryl methyl sites for hydroxylation is 1. The van der Waals surface area contributed by atoms with Crippen molar-refractivity contribution < 1.29 is 9.84 Å². The van der Waals surface area contributed by atoms with Crippen molar-refractivity contribution in [1.82, 2.24) is 0 Å². The standard InChI is InChI=1S/C21H23NO2/c1-3-15-6-4-5-7-20(15)24-19-11-9-16-12-18(21(2,22)14-23)10-8-17(16)13-19/h4-13,23H,3,14,22H2,1-2H3. The highest BCUT2D eigenvalue weighted by Gasteiger charge is 2.20. The van der Waals surface area contributed by atoms with E-state index in [1.165, 1.54) is 5.56 Å². The summed E-state index contributed by atoms with van der Waals surface area (Å²) in [6.45, 7) is 3.86. The van der Waals surface area contributed by atoms with Gasteiger partial charge in [-0.1, -0.05) is 43.3 Å². The van der Waals surface area contributed by atoms with Crippen LogP contribution in [0.15, 0.2) is 60.7 Å². The van der Waals surface area contributed by atoms with Gasteiger partial charge in [-0.05, 0) is 59.5 Å². The number of benzene rings is 3. The number of nitrogens with two attached hydrogens (primary N) is 1. The van der Waals surface area contributed by atoms with Gasteiger partial charge in [0.25, 0.3) is 0 Å². The van der Waals surface area contributed by atoms with Gasteiger partial charge in [-0.25, -0.2) is 0 Å². The molecule has 3 N–H and O–H groups in total. The van der Waals surface area contributed by atoms with Crippen LogP contribution in [0.3, 0.4) is 0 Å². The molecule has 0 aliphatic rings. The highest BCUT2D eigenvalue weighted by Crippen LogP contribution is 2.30. The van der Waals surface area contributed by atoms with Gasteiger partial charge in [-0.3, -0.25) is 0 Å². The molecular formula is C21H23NO2. The van der Waals surface area contributed by atoms with E-state index in [4.69, 9.17) is 10.5 Å². The Hall–Kier alpha value is -2.36. The second-order valence-corrected chi connectivity index (χ2v) is 6.36. The Morgan fingerprint density at radius 1 is 1.00 bits per heavy atom. The van der Waals surface area contributed by atoms with E-state index < -0.39 is 5.54 Å². The summed E-state index contributed by atoms with van der Waals surface area (Å²) < 4.78 is 6.06. The van der Waals surface area contributed by atoms with Crippen molar-refractivity contribution in [2.24, 2.45) is 5.73 Å². The number of fused-ring (bicyclic) bond motifs is 1. The fourth-order valence-corrected chi connectivity index (χ4v) is 2.76. The van der Waals surface area contributed by atoms with Gasteiger partial charge < -0.3 is 15.6 Å². The summed E-state index contributed by atoms with van der Waals surface area (Å²) in [6.07, 6.45) is 0.934. The van der Waals surface area contributed by atoms with Crippen LogP contribution in [-0.2, 0) is 12.0 Å². The first-order valence-corrected chi connectivity index (χ1v) is 8.23. The van der Waals surface area contributed by atoms with E-state index in [0.29, 0.717) is 0 Å². The van der Waals surface area contributed by atoms with E-state index in [0.717, 1.165) is 34.3 Å². The van der Waals surface area contributed by atoms with E-state index in [1.54, 1.807) is 0 Å². The zero-order valence-corrected chi connectivity index (χ0v) is 14.1. The van der Waals surface area contributed by atoms with Gasteiger partial charge in [0.1, 0.15) is 11.5 Å². The first kappa shape index (κ1) is 16.5. The van der Waals surface area contributed by atoms with Crippen LogP contribution in [0.25, 0.3) is 10.8 Å². The Morgan fingerprint density at radius 2 is 1.71 bits per heavy atom. The Labute approximate surface area is 142 Å². The molecule has 0 aliphatic heterocycles.